The topological polar surface area (TPSA) is 113 Å². The van der Waals surface area contributed by atoms with Gasteiger partial charge in [-0.15, -0.1) is 0 Å². The second kappa shape index (κ2) is 10.3. The maximum Gasteiger partial charge on any atom is 0.334 e. The quantitative estimate of drug-likeness (QED) is 0.164. The van der Waals surface area contributed by atoms with Crippen molar-refractivity contribution in [2.75, 3.05) is 27.6 Å². The third-order valence-corrected chi connectivity index (χ3v) is 4.28. The van der Waals surface area contributed by atoms with Crippen LogP contribution in [0.25, 0.3) is 5.76 Å². The first-order chi connectivity index (χ1) is 12.7. The van der Waals surface area contributed by atoms with Crippen LogP contribution in [0.5, 0.6) is 0 Å². The lowest BCUT2D eigenvalue weighted by Gasteiger charge is -2.11. The van der Waals surface area contributed by atoms with E-state index in [1.165, 1.54) is 34.3 Å². The fraction of sp³-hybridized carbons (Fsp3) is 0.353. The maximum absolute atomic E-state index is 11.7. The van der Waals surface area contributed by atoms with Gasteiger partial charge < -0.3 is 19.1 Å². The third kappa shape index (κ3) is 6.74. The summed E-state index contributed by atoms with van der Waals surface area (Å²) >= 11 is 0. The van der Waals surface area contributed by atoms with E-state index in [0.717, 1.165) is 6.26 Å². The smallest absolute Gasteiger partial charge is 0.334 e. The lowest BCUT2D eigenvalue weighted by atomic mass is 10.1. The van der Waals surface area contributed by atoms with Gasteiger partial charge in [0.05, 0.1) is 20.3 Å². The van der Waals surface area contributed by atoms with E-state index in [-0.39, 0.29) is 17.4 Å². The number of hydrogen-bond donors (Lipinski definition) is 0. The molecule has 148 valence electrons. The molecule has 9 nitrogen and oxygen atoms in total. The summed E-state index contributed by atoms with van der Waals surface area (Å²) in [5.74, 6) is -0.274. The number of esters is 1. The van der Waals surface area contributed by atoms with Gasteiger partial charge in [-0.25, -0.2) is 13.2 Å². The van der Waals surface area contributed by atoms with Crippen LogP contribution in [0, 0.1) is 0 Å². The van der Waals surface area contributed by atoms with Crippen molar-refractivity contribution >= 4 is 32.3 Å². The van der Waals surface area contributed by atoms with Crippen LogP contribution in [0.3, 0.4) is 0 Å². The minimum atomic E-state index is -3.63. The summed E-state index contributed by atoms with van der Waals surface area (Å²) in [4.78, 5) is 21.3. The molecule has 27 heavy (non-hydrogen) atoms. The van der Waals surface area contributed by atoms with E-state index in [4.69, 9.17) is 9.57 Å². The van der Waals surface area contributed by atoms with Crippen molar-refractivity contribution < 1.29 is 32.4 Å². The number of methoxy groups -OCH3 is 2. The van der Waals surface area contributed by atoms with Crippen LogP contribution in [0.4, 0.5) is 0 Å². The van der Waals surface area contributed by atoms with E-state index in [2.05, 4.69) is 19.9 Å². The number of carbonyl (C=O) groups is 1. The Kier molecular flexibility index (Phi) is 8.46. The number of carbonyl (C=O) groups excluding carboxylic acids is 1. The monoisotopic (exact) mass is 398 g/mol. The minimum Gasteiger partial charge on any atom is -0.496 e. The Morgan fingerprint density at radius 1 is 1.11 bits per heavy atom. The molecule has 1 aromatic rings. The number of sulfone groups is 1. The highest BCUT2D eigenvalue weighted by molar-refractivity contribution is 8.07. The van der Waals surface area contributed by atoms with Crippen molar-refractivity contribution in [1.82, 2.24) is 0 Å². The average molecular weight is 398 g/mol. The van der Waals surface area contributed by atoms with Gasteiger partial charge in [0.1, 0.15) is 25.2 Å². The summed E-state index contributed by atoms with van der Waals surface area (Å²) in [5, 5.41) is 6.91. The number of hydrogen-bond acceptors (Lipinski definition) is 9. The molecule has 0 saturated heterocycles. The molecule has 10 heteroatoms. The molecule has 0 saturated carbocycles. The fourth-order valence-electron chi connectivity index (χ4n) is 2.02. The molecule has 1 aromatic carbocycles. The maximum atomic E-state index is 11.7. The summed E-state index contributed by atoms with van der Waals surface area (Å²) in [6, 6.07) is 7.04. The number of benzene rings is 1. The SMILES string of the molecule is CO/N=C(/C(C)=N/OCc1ccccc1/C(=C\C(=O)OC)OC)S(C)(=O)=O. The Hall–Kier alpha value is -2.88. The second-order valence-corrected chi connectivity index (χ2v) is 7.13. The Morgan fingerprint density at radius 2 is 1.78 bits per heavy atom. The molecule has 0 radical (unpaired) electrons. The summed E-state index contributed by atoms with van der Waals surface area (Å²) < 4.78 is 33.2. The highest BCUT2D eigenvalue weighted by atomic mass is 32.2. The van der Waals surface area contributed by atoms with Crippen molar-refractivity contribution in [3.63, 3.8) is 0 Å². The van der Waals surface area contributed by atoms with Crippen LogP contribution in [-0.2, 0) is 40.4 Å². The Morgan fingerprint density at radius 3 is 2.33 bits per heavy atom. The Labute approximate surface area is 158 Å². The summed E-state index contributed by atoms with van der Waals surface area (Å²) in [6.07, 6.45) is 2.20. The first-order valence-electron chi connectivity index (χ1n) is 7.64. The van der Waals surface area contributed by atoms with Gasteiger partial charge >= 0.3 is 5.97 Å². The van der Waals surface area contributed by atoms with Crippen molar-refractivity contribution in [1.29, 1.82) is 0 Å². The van der Waals surface area contributed by atoms with Crippen LogP contribution in [0.2, 0.25) is 0 Å². The molecule has 0 amide bonds. The van der Waals surface area contributed by atoms with Crippen molar-refractivity contribution in [2.45, 2.75) is 13.5 Å². The van der Waals surface area contributed by atoms with Gasteiger partial charge in [-0.2, -0.15) is 0 Å². The zero-order valence-electron chi connectivity index (χ0n) is 15.8. The normalized spacial score (nSPS) is 13.1. The molecule has 0 aliphatic rings. The first kappa shape index (κ1) is 22.2. The molecule has 0 atom stereocenters. The molecule has 0 N–H and O–H groups in total. The summed E-state index contributed by atoms with van der Waals surface area (Å²) in [6.45, 7) is 1.43. The minimum absolute atomic E-state index is 0.000585. The second-order valence-electron chi connectivity index (χ2n) is 5.19. The lowest BCUT2D eigenvalue weighted by Crippen LogP contribution is -2.22. The first-order valence-corrected chi connectivity index (χ1v) is 9.53. The Balaban J connectivity index is 3.07. The van der Waals surface area contributed by atoms with Gasteiger partial charge in [-0.3, -0.25) is 0 Å². The van der Waals surface area contributed by atoms with Gasteiger partial charge in [0.15, 0.2) is 9.84 Å². The molecule has 0 aliphatic heterocycles. The zero-order valence-corrected chi connectivity index (χ0v) is 16.6. The molecule has 0 fully saturated rings. The average Bonchev–Trinajstić information content (AvgIpc) is 2.63. The van der Waals surface area contributed by atoms with Gasteiger partial charge in [-0.05, 0) is 6.92 Å². The van der Waals surface area contributed by atoms with Crippen molar-refractivity contribution in [3.05, 3.63) is 41.5 Å². The molecular weight excluding hydrogens is 376 g/mol. The van der Waals surface area contributed by atoms with Crippen LogP contribution in [0.15, 0.2) is 40.7 Å². The zero-order chi connectivity index (χ0) is 20.4. The number of oxime groups is 2. The molecule has 0 bridgehead atoms. The van der Waals surface area contributed by atoms with Crippen LogP contribution in [0.1, 0.15) is 18.1 Å². The molecular formula is C17H22N2O7S. The van der Waals surface area contributed by atoms with E-state index in [1.807, 2.05) is 0 Å². The van der Waals surface area contributed by atoms with Crippen LogP contribution >= 0.6 is 0 Å². The highest BCUT2D eigenvalue weighted by Crippen LogP contribution is 2.21. The number of rotatable bonds is 8. The van der Waals surface area contributed by atoms with Crippen molar-refractivity contribution in [2.24, 2.45) is 10.3 Å². The Bertz CT molecular complexity index is 858. The van der Waals surface area contributed by atoms with Gasteiger partial charge in [0, 0.05) is 17.4 Å². The standard InChI is InChI=1S/C17H22N2O7S/c1-12(17(19-25-4)27(5,21)22)18-26-11-13-8-6-7-9-14(13)15(23-2)10-16(20)24-3/h6-10H,11H2,1-5H3/b15-10+,18-12+,19-17-. The van der Waals surface area contributed by atoms with E-state index in [1.54, 1.807) is 24.3 Å². The lowest BCUT2D eigenvalue weighted by molar-refractivity contribution is -0.134. The van der Waals surface area contributed by atoms with Gasteiger partial charge in [0.2, 0.25) is 5.04 Å². The molecule has 1 rings (SSSR count). The molecule has 0 unspecified atom stereocenters. The van der Waals surface area contributed by atoms with Crippen LogP contribution in [-0.4, -0.2) is 52.7 Å². The van der Waals surface area contributed by atoms with E-state index in [0.29, 0.717) is 16.9 Å². The molecule has 0 aromatic heterocycles. The third-order valence-electron chi connectivity index (χ3n) is 3.21. The predicted octanol–water partition coefficient (Wildman–Crippen LogP) is 1.74. The molecule has 0 spiro atoms. The highest BCUT2D eigenvalue weighted by Gasteiger charge is 2.19. The van der Waals surface area contributed by atoms with E-state index < -0.39 is 15.8 Å². The van der Waals surface area contributed by atoms with Gasteiger partial charge in [-0.1, -0.05) is 34.6 Å². The fourth-order valence-corrected chi connectivity index (χ4v) is 2.81. The van der Waals surface area contributed by atoms with Gasteiger partial charge in [0.25, 0.3) is 0 Å². The van der Waals surface area contributed by atoms with Crippen molar-refractivity contribution in [3.8, 4) is 0 Å². The van der Waals surface area contributed by atoms with Crippen LogP contribution < -0.4 is 0 Å². The predicted molar refractivity (Wildman–Crippen MR) is 101 cm³/mol. The van der Waals surface area contributed by atoms with E-state index >= 15 is 0 Å². The number of ether oxygens (including phenoxy) is 2. The summed E-state index contributed by atoms with van der Waals surface area (Å²) in [5.41, 5.74) is 1.30. The number of nitrogens with zero attached hydrogens (tertiary/aromatic N) is 2. The van der Waals surface area contributed by atoms with E-state index in [9.17, 15) is 13.2 Å². The molecule has 0 aliphatic carbocycles. The summed E-state index contributed by atoms with van der Waals surface area (Å²) in [7, 11) is 0.290. The largest absolute Gasteiger partial charge is 0.496 e. The molecule has 0 heterocycles.